The van der Waals surface area contributed by atoms with Gasteiger partial charge in [0, 0.05) is 17.4 Å². The Kier molecular flexibility index (Phi) is 4.13. The number of nitrogens with zero attached hydrogens (tertiary/aromatic N) is 1. The number of nitrogens with one attached hydrogen (secondary N) is 1. The highest BCUT2D eigenvalue weighted by Gasteiger charge is 2.30. The van der Waals surface area contributed by atoms with E-state index in [1.807, 2.05) is 0 Å². The minimum atomic E-state index is -4.39. The summed E-state index contributed by atoms with van der Waals surface area (Å²) in [4.78, 5) is 4.24. The molecule has 0 atom stereocenters. The van der Waals surface area contributed by atoms with Gasteiger partial charge in [-0.1, -0.05) is 18.3 Å². The van der Waals surface area contributed by atoms with Gasteiger partial charge in [-0.2, -0.15) is 13.2 Å². The lowest BCUT2D eigenvalue weighted by Gasteiger charge is -2.13. The molecule has 3 N–H and O–H groups in total. The number of aromatic nitrogens is 1. The van der Waals surface area contributed by atoms with E-state index in [2.05, 4.69) is 10.3 Å². The fourth-order valence-electron chi connectivity index (χ4n) is 1.72. The van der Waals surface area contributed by atoms with Gasteiger partial charge < -0.3 is 11.1 Å². The van der Waals surface area contributed by atoms with Crippen LogP contribution in [-0.2, 0) is 6.18 Å². The van der Waals surface area contributed by atoms with Crippen molar-refractivity contribution in [2.45, 2.75) is 13.1 Å². The SMILES string of the molecule is Cc1ccc(C(F)(F)F)cc1Nc1cc(C(N)=S)ccn1. The average Bonchev–Trinajstić information content (AvgIpc) is 2.40. The van der Waals surface area contributed by atoms with Crippen LogP contribution in [0.15, 0.2) is 36.5 Å². The number of hydrogen-bond donors (Lipinski definition) is 2. The van der Waals surface area contributed by atoms with Crippen LogP contribution in [0.25, 0.3) is 0 Å². The number of aryl methyl sites for hydroxylation is 1. The Balaban J connectivity index is 2.35. The van der Waals surface area contributed by atoms with Gasteiger partial charge >= 0.3 is 6.18 Å². The quantitative estimate of drug-likeness (QED) is 0.847. The molecule has 0 saturated carbocycles. The molecule has 1 aromatic heterocycles. The number of pyridine rings is 1. The summed E-state index contributed by atoms with van der Waals surface area (Å²) in [5.41, 5.74) is 6.39. The van der Waals surface area contributed by atoms with E-state index >= 15 is 0 Å². The standard InChI is InChI=1S/C14H12F3N3S/c1-8-2-3-10(14(15,16)17)7-11(8)20-12-6-9(13(18)21)4-5-19-12/h2-7H,1H3,(H2,18,21)(H,19,20). The smallest absolute Gasteiger partial charge is 0.389 e. The maximum atomic E-state index is 12.7. The first-order valence-corrected chi connectivity index (χ1v) is 6.39. The molecule has 1 heterocycles. The fourth-order valence-corrected chi connectivity index (χ4v) is 1.85. The molecule has 0 aliphatic heterocycles. The second-order valence-corrected chi connectivity index (χ2v) is 4.89. The van der Waals surface area contributed by atoms with Crippen molar-refractivity contribution in [1.82, 2.24) is 4.98 Å². The number of nitrogens with two attached hydrogens (primary N) is 1. The summed E-state index contributed by atoms with van der Waals surface area (Å²) >= 11 is 4.86. The zero-order chi connectivity index (χ0) is 15.6. The van der Waals surface area contributed by atoms with Gasteiger partial charge in [0.15, 0.2) is 0 Å². The highest BCUT2D eigenvalue weighted by Crippen LogP contribution is 2.32. The number of alkyl halides is 3. The largest absolute Gasteiger partial charge is 0.416 e. The predicted octanol–water partition coefficient (Wildman–Crippen LogP) is 3.79. The van der Waals surface area contributed by atoms with E-state index in [-0.39, 0.29) is 4.99 Å². The second kappa shape index (κ2) is 5.69. The van der Waals surface area contributed by atoms with E-state index < -0.39 is 11.7 Å². The number of anilines is 2. The van der Waals surface area contributed by atoms with Crippen LogP contribution in [0.5, 0.6) is 0 Å². The molecule has 1 aromatic carbocycles. The molecule has 0 unspecified atom stereocenters. The molecule has 0 radical (unpaired) electrons. The van der Waals surface area contributed by atoms with E-state index in [0.29, 0.717) is 22.6 Å². The molecule has 2 aromatic rings. The van der Waals surface area contributed by atoms with Crippen molar-refractivity contribution < 1.29 is 13.2 Å². The molecule has 110 valence electrons. The summed E-state index contributed by atoms with van der Waals surface area (Å²) in [5, 5.41) is 2.85. The van der Waals surface area contributed by atoms with Gasteiger partial charge in [-0.25, -0.2) is 4.98 Å². The molecule has 0 aliphatic rings. The number of thiocarbonyl (C=S) groups is 1. The predicted molar refractivity (Wildman–Crippen MR) is 79.6 cm³/mol. The van der Waals surface area contributed by atoms with Crippen molar-refractivity contribution in [3.8, 4) is 0 Å². The summed E-state index contributed by atoms with van der Waals surface area (Å²) in [6.45, 7) is 1.71. The van der Waals surface area contributed by atoms with Gasteiger partial charge in [0.25, 0.3) is 0 Å². The summed E-state index contributed by atoms with van der Waals surface area (Å²) in [6.07, 6.45) is -2.90. The summed E-state index contributed by atoms with van der Waals surface area (Å²) < 4.78 is 38.2. The summed E-state index contributed by atoms with van der Waals surface area (Å²) in [6, 6.07) is 6.71. The highest BCUT2D eigenvalue weighted by molar-refractivity contribution is 7.80. The topological polar surface area (TPSA) is 50.9 Å². The van der Waals surface area contributed by atoms with Gasteiger partial charge in [-0.3, -0.25) is 0 Å². The van der Waals surface area contributed by atoms with Crippen LogP contribution in [0, 0.1) is 6.92 Å². The first-order valence-electron chi connectivity index (χ1n) is 5.98. The van der Waals surface area contributed by atoms with Crippen LogP contribution < -0.4 is 11.1 Å². The molecule has 0 spiro atoms. The van der Waals surface area contributed by atoms with Gasteiger partial charge in [-0.15, -0.1) is 0 Å². The van der Waals surface area contributed by atoms with Crippen molar-refractivity contribution in [2.24, 2.45) is 5.73 Å². The molecule has 0 aliphatic carbocycles. The van der Waals surface area contributed by atoms with Crippen molar-refractivity contribution in [1.29, 1.82) is 0 Å². The molecule has 2 rings (SSSR count). The fraction of sp³-hybridized carbons (Fsp3) is 0.143. The molecular formula is C14H12F3N3S. The number of hydrogen-bond acceptors (Lipinski definition) is 3. The van der Waals surface area contributed by atoms with E-state index in [9.17, 15) is 13.2 Å². The van der Waals surface area contributed by atoms with Crippen molar-refractivity contribution in [3.05, 3.63) is 53.2 Å². The molecular weight excluding hydrogens is 299 g/mol. The first kappa shape index (κ1) is 15.2. The minimum absolute atomic E-state index is 0.196. The Labute approximate surface area is 125 Å². The van der Waals surface area contributed by atoms with Gasteiger partial charge in [0.1, 0.15) is 10.8 Å². The Morgan fingerprint density at radius 1 is 1.24 bits per heavy atom. The molecule has 0 bridgehead atoms. The van der Waals surface area contributed by atoms with Gasteiger partial charge in [-0.05, 0) is 36.8 Å². The van der Waals surface area contributed by atoms with Gasteiger partial charge in [0.05, 0.1) is 5.56 Å². The monoisotopic (exact) mass is 311 g/mol. The van der Waals surface area contributed by atoms with Crippen LogP contribution in [0.4, 0.5) is 24.7 Å². The van der Waals surface area contributed by atoms with Crippen LogP contribution in [0.1, 0.15) is 16.7 Å². The van der Waals surface area contributed by atoms with Crippen molar-refractivity contribution in [2.75, 3.05) is 5.32 Å². The number of benzene rings is 1. The third-order valence-corrected chi connectivity index (χ3v) is 3.11. The molecule has 21 heavy (non-hydrogen) atoms. The van der Waals surface area contributed by atoms with Gasteiger partial charge in [0.2, 0.25) is 0 Å². The maximum Gasteiger partial charge on any atom is 0.416 e. The lowest BCUT2D eigenvalue weighted by molar-refractivity contribution is -0.137. The zero-order valence-electron chi connectivity index (χ0n) is 11.0. The summed E-state index contributed by atoms with van der Waals surface area (Å²) in [7, 11) is 0. The average molecular weight is 311 g/mol. The maximum absolute atomic E-state index is 12.7. The Bertz CT molecular complexity index is 683. The zero-order valence-corrected chi connectivity index (χ0v) is 11.8. The normalized spacial score (nSPS) is 11.2. The van der Waals surface area contributed by atoms with E-state index in [4.69, 9.17) is 18.0 Å². The molecule has 0 amide bonds. The van der Waals surface area contributed by atoms with Crippen LogP contribution in [0.2, 0.25) is 0 Å². The van der Waals surface area contributed by atoms with Crippen molar-refractivity contribution in [3.63, 3.8) is 0 Å². The molecule has 0 saturated heterocycles. The lowest BCUT2D eigenvalue weighted by atomic mass is 10.1. The Hall–Kier alpha value is -2.15. The van der Waals surface area contributed by atoms with Crippen molar-refractivity contribution >= 4 is 28.7 Å². The Morgan fingerprint density at radius 3 is 2.57 bits per heavy atom. The third-order valence-electron chi connectivity index (χ3n) is 2.87. The second-order valence-electron chi connectivity index (χ2n) is 4.45. The van der Waals surface area contributed by atoms with Crippen LogP contribution in [0.3, 0.4) is 0 Å². The first-order chi connectivity index (χ1) is 9.77. The number of halogens is 3. The van der Waals surface area contributed by atoms with E-state index in [0.717, 1.165) is 12.1 Å². The highest BCUT2D eigenvalue weighted by atomic mass is 32.1. The van der Waals surface area contributed by atoms with E-state index in [1.165, 1.54) is 12.3 Å². The molecule has 7 heteroatoms. The number of rotatable bonds is 3. The van der Waals surface area contributed by atoms with Crippen LogP contribution in [-0.4, -0.2) is 9.97 Å². The lowest BCUT2D eigenvalue weighted by Crippen LogP contribution is -2.10. The molecule has 3 nitrogen and oxygen atoms in total. The Morgan fingerprint density at radius 2 is 1.95 bits per heavy atom. The summed E-state index contributed by atoms with van der Waals surface area (Å²) in [5.74, 6) is 0.378. The minimum Gasteiger partial charge on any atom is -0.389 e. The molecule has 0 fully saturated rings. The third kappa shape index (κ3) is 3.69. The van der Waals surface area contributed by atoms with Crippen LogP contribution >= 0.6 is 12.2 Å². The van der Waals surface area contributed by atoms with E-state index in [1.54, 1.807) is 19.1 Å².